The zero-order chi connectivity index (χ0) is 15.0. The van der Waals surface area contributed by atoms with Crippen LogP contribution in [0.15, 0.2) is 12.1 Å². The van der Waals surface area contributed by atoms with E-state index in [0.717, 1.165) is 25.2 Å². The second-order valence-corrected chi connectivity index (χ2v) is 6.95. The molecule has 1 N–H and O–H groups in total. The van der Waals surface area contributed by atoms with Gasteiger partial charge in [0.25, 0.3) is 0 Å². The predicted molar refractivity (Wildman–Crippen MR) is 78.8 cm³/mol. The van der Waals surface area contributed by atoms with Crippen LogP contribution >= 0.6 is 0 Å². The van der Waals surface area contributed by atoms with Crippen molar-refractivity contribution in [3.63, 3.8) is 0 Å². The third-order valence-electron chi connectivity index (χ3n) is 5.62. The van der Waals surface area contributed by atoms with Crippen LogP contribution in [-0.4, -0.2) is 5.11 Å². The summed E-state index contributed by atoms with van der Waals surface area (Å²) < 4.78 is 27.7. The Bertz CT molecular complexity index is 514. The number of aliphatic hydroxyl groups is 1. The van der Waals surface area contributed by atoms with Gasteiger partial charge in [-0.3, -0.25) is 0 Å². The average Bonchev–Trinajstić information content (AvgIpc) is 2.50. The molecule has 3 rings (SSSR count). The van der Waals surface area contributed by atoms with Crippen LogP contribution in [0, 0.1) is 36.3 Å². The first kappa shape index (κ1) is 15.0. The van der Waals surface area contributed by atoms with E-state index in [-0.39, 0.29) is 11.5 Å². The minimum atomic E-state index is -0.872. The second kappa shape index (κ2) is 6.04. The summed E-state index contributed by atoms with van der Waals surface area (Å²) in [5.41, 5.74) is 0.428. The van der Waals surface area contributed by atoms with E-state index in [2.05, 4.69) is 0 Å². The number of rotatable bonds is 2. The molecule has 1 aromatic carbocycles. The van der Waals surface area contributed by atoms with E-state index in [0.29, 0.717) is 11.5 Å². The Morgan fingerprint density at radius 3 is 2.48 bits per heavy atom. The van der Waals surface area contributed by atoms with Gasteiger partial charge in [0.2, 0.25) is 0 Å². The van der Waals surface area contributed by atoms with Gasteiger partial charge in [0, 0.05) is 5.56 Å². The Morgan fingerprint density at radius 1 is 1.00 bits per heavy atom. The Hall–Kier alpha value is -0.960. The molecule has 2 aliphatic rings. The zero-order valence-corrected chi connectivity index (χ0v) is 12.6. The van der Waals surface area contributed by atoms with Crippen LogP contribution in [0.5, 0.6) is 0 Å². The van der Waals surface area contributed by atoms with E-state index in [1.165, 1.54) is 37.8 Å². The fraction of sp³-hybridized carbons (Fsp3) is 0.667. The van der Waals surface area contributed by atoms with Gasteiger partial charge in [0.15, 0.2) is 0 Å². The summed E-state index contributed by atoms with van der Waals surface area (Å²) in [4.78, 5) is 0. The maximum absolute atomic E-state index is 14.0. The van der Waals surface area contributed by atoms with Crippen LogP contribution in [0.1, 0.15) is 62.2 Å². The fourth-order valence-electron chi connectivity index (χ4n) is 4.34. The van der Waals surface area contributed by atoms with E-state index in [9.17, 15) is 13.9 Å². The van der Waals surface area contributed by atoms with Crippen molar-refractivity contribution in [3.05, 3.63) is 34.9 Å². The van der Waals surface area contributed by atoms with E-state index in [1.54, 1.807) is 6.92 Å². The molecule has 1 aromatic rings. The van der Waals surface area contributed by atoms with Gasteiger partial charge in [-0.15, -0.1) is 0 Å². The maximum Gasteiger partial charge on any atom is 0.129 e. The second-order valence-electron chi connectivity index (χ2n) is 6.95. The molecule has 4 atom stereocenters. The van der Waals surface area contributed by atoms with Crippen LogP contribution in [-0.2, 0) is 0 Å². The lowest BCUT2D eigenvalue weighted by atomic mass is 9.66. The summed E-state index contributed by atoms with van der Waals surface area (Å²) in [6, 6.07) is 2.38. The van der Waals surface area contributed by atoms with Crippen LogP contribution < -0.4 is 0 Å². The lowest BCUT2D eigenvalue weighted by Gasteiger charge is -2.40. The van der Waals surface area contributed by atoms with Crippen LogP contribution in [0.2, 0.25) is 0 Å². The highest BCUT2D eigenvalue weighted by molar-refractivity contribution is 5.27. The molecule has 0 aromatic heterocycles. The summed E-state index contributed by atoms with van der Waals surface area (Å²) in [6.07, 6.45) is 7.28. The van der Waals surface area contributed by atoms with Gasteiger partial charge in [0.05, 0.1) is 6.10 Å². The summed E-state index contributed by atoms with van der Waals surface area (Å²) in [5, 5.41) is 10.5. The average molecular weight is 294 g/mol. The number of aliphatic hydroxyl groups excluding tert-OH is 1. The van der Waals surface area contributed by atoms with Crippen molar-refractivity contribution in [1.82, 2.24) is 0 Å². The third-order valence-corrected chi connectivity index (χ3v) is 5.62. The van der Waals surface area contributed by atoms with Crippen molar-refractivity contribution in [2.24, 2.45) is 17.8 Å². The van der Waals surface area contributed by atoms with Gasteiger partial charge >= 0.3 is 0 Å². The van der Waals surface area contributed by atoms with Crippen molar-refractivity contribution in [1.29, 1.82) is 0 Å². The Labute approximate surface area is 125 Å². The SMILES string of the molecule is Cc1cc(F)c(C(O)C2CCC3CCCCC3C2)cc1F. The van der Waals surface area contributed by atoms with Crippen molar-refractivity contribution in [2.75, 3.05) is 0 Å². The molecular weight excluding hydrogens is 270 g/mol. The van der Waals surface area contributed by atoms with E-state index in [1.807, 2.05) is 0 Å². The summed E-state index contributed by atoms with van der Waals surface area (Å²) >= 11 is 0. The lowest BCUT2D eigenvalue weighted by Crippen LogP contribution is -2.30. The van der Waals surface area contributed by atoms with Gasteiger partial charge in [-0.25, -0.2) is 8.78 Å². The molecule has 3 heteroatoms. The number of benzene rings is 1. The largest absolute Gasteiger partial charge is 0.388 e. The molecule has 4 unspecified atom stereocenters. The van der Waals surface area contributed by atoms with Crippen LogP contribution in [0.25, 0.3) is 0 Å². The van der Waals surface area contributed by atoms with Gasteiger partial charge in [-0.1, -0.05) is 25.7 Å². The van der Waals surface area contributed by atoms with E-state index < -0.39 is 17.7 Å². The first-order valence-electron chi connectivity index (χ1n) is 8.20. The number of halogens is 2. The molecule has 0 bridgehead atoms. The molecular formula is C18H24F2O. The molecule has 2 saturated carbocycles. The Kier molecular flexibility index (Phi) is 4.30. The highest BCUT2D eigenvalue weighted by atomic mass is 19.1. The molecule has 0 saturated heterocycles. The lowest BCUT2D eigenvalue weighted by molar-refractivity contribution is 0.0328. The number of fused-ring (bicyclic) bond motifs is 1. The van der Waals surface area contributed by atoms with Gasteiger partial charge in [-0.05, 0) is 61.6 Å². The number of hydrogen-bond acceptors (Lipinski definition) is 1. The van der Waals surface area contributed by atoms with Crippen LogP contribution in [0.3, 0.4) is 0 Å². The predicted octanol–water partition coefficient (Wildman–Crippen LogP) is 4.91. The smallest absolute Gasteiger partial charge is 0.129 e. The molecule has 0 amide bonds. The highest BCUT2D eigenvalue weighted by Crippen LogP contribution is 2.46. The molecule has 2 fully saturated rings. The van der Waals surface area contributed by atoms with Gasteiger partial charge in [-0.2, -0.15) is 0 Å². The topological polar surface area (TPSA) is 20.2 Å². The minimum Gasteiger partial charge on any atom is -0.388 e. The van der Waals surface area contributed by atoms with Gasteiger partial charge in [0.1, 0.15) is 11.6 Å². The van der Waals surface area contributed by atoms with E-state index >= 15 is 0 Å². The van der Waals surface area contributed by atoms with Crippen molar-refractivity contribution < 1.29 is 13.9 Å². The monoisotopic (exact) mass is 294 g/mol. The summed E-state index contributed by atoms with van der Waals surface area (Å²) in [5.74, 6) is 0.622. The third kappa shape index (κ3) is 2.98. The zero-order valence-electron chi connectivity index (χ0n) is 12.6. The quantitative estimate of drug-likeness (QED) is 0.821. The number of aryl methyl sites for hydroxylation is 1. The summed E-state index contributed by atoms with van der Waals surface area (Å²) in [6.45, 7) is 1.54. The molecule has 2 aliphatic carbocycles. The molecule has 116 valence electrons. The Morgan fingerprint density at radius 2 is 1.71 bits per heavy atom. The van der Waals surface area contributed by atoms with Crippen molar-refractivity contribution >= 4 is 0 Å². The summed E-state index contributed by atoms with van der Waals surface area (Å²) in [7, 11) is 0. The highest BCUT2D eigenvalue weighted by Gasteiger charge is 2.36. The normalized spacial score (nSPS) is 30.8. The first-order valence-corrected chi connectivity index (χ1v) is 8.20. The molecule has 1 nitrogen and oxygen atoms in total. The molecule has 0 heterocycles. The maximum atomic E-state index is 14.0. The number of hydrogen-bond donors (Lipinski definition) is 1. The Balaban J connectivity index is 1.76. The van der Waals surface area contributed by atoms with Crippen LogP contribution in [0.4, 0.5) is 8.78 Å². The van der Waals surface area contributed by atoms with Crippen molar-refractivity contribution in [3.8, 4) is 0 Å². The molecule has 21 heavy (non-hydrogen) atoms. The molecule has 0 aliphatic heterocycles. The van der Waals surface area contributed by atoms with Gasteiger partial charge < -0.3 is 5.11 Å². The fourth-order valence-corrected chi connectivity index (χ4v) is 4.34. The standard InChI is InChI=1S/C18H24F2O/c1-11-8-17(20)15(10-16(11)19)18(21)14-7-6-12-4-2-3-5-13(12)9-14/h8,10,12-14,18,21H,2-7,9H2,1H3. The minimum absolute atomic E-state index is 0.0703. The first-order chi connectivity index (χ1) is 10.1. The van der Waals surface area contributed by atoms with E-state index in [4.69, 9.17) is 0 Å². The molecule has 0 spiro atoms. The molecule has 0 radical (unpaired) electrons. The van der Waals surface area contributed by atoms with Crippen molar-refractivity contribution in [2.45, 2.75) is 58.0 Å².